The molecule has 0 radical (unpaired) electrons. The van der Waals surface area contributed by atoms with Crippen LogP contribution in [-0.4, -0.2) is 53.7 Å². The van der Waals surface area contributed by atoms with Crippen molar-refractivity contribution in [3.05, 3.63) is 23.9 Å². The third-order valence-corrected chi connectivity index (χ3v) is 3.66. The van der Waals surface area contributed by atoms with E-state index in [9.17, 15) is 9.59 Å². The molecule has 0 spiro atoms. The smallest absolute Gasteiger partial charge is 0.317 e. The third-order valence-electron chi connectivity index (χ3n) is 3.66. The highest BCUT2D eigenvalue weighted by Gasteiger charge is 2.17. The van der Waals surface area contributed by atoms with E-state index in [1.54, 1.807) is 20.2 Å². The molecular formula is C16H26N4O3. The van der Waals surface area contributed by atoms with E-state index in [1.807, 2.05) is 12.1 Å². The summed E-state index contributed by atoms with van der Waals surface area (Å²) in [6.45, 7) is 8.04. The molecule has 0 aliphatic carbocycles. The van der Waals surface area contributed by atoms with Gasteiger partial charge in [0.15, 0.2) is 0 Å². The van der Waals surface area contributed by atoms with Crippen LogP contribution in [0.3, 0.4) is 0 Å². The minimum atomic E-state index is -0.916. The molecule has 0 aliphatic heterocycles. The van der Waals surface area contributed by atoms with Crippen LogP contribution in [0, 0.1) is 5.92 Å². The zero-order valence-corrected chi connectivity index (χ0v) is 14.2. The predicted octanol–water partition coefficient (Wildman–Crippen LogP) is 1.79. The van der Waals surface area contributed by atoms with Crippen LogP contribution in [0.4, 0.5) is 10.6 Å². The highest BCUT2D eigenvalue weighted by molar-refractivity contribution is 5.75. The SMILES string of the molecule is CCN(CC)c1ccc(CNC(=O)N(C)CC(C)C(=O)O)cn1. The van der Waals surface area contributed by atoms with Crippen molar-refractivity contribution in [3.63, 3.8) is 0 Å². The molecule has 0 saturated carbocycles. The molecule has 23 heavy (non-hydrogen) atoms. The number of carbonyl (C=O) groups is 2. The minimum absolute atomic E-state index is 0.167. The Labute approximate surface area is 137 Å². The second-order valence-corrected chi connectivity index (χ2v) is 5.48. The molecule has 1 rings (SSSR count). The summed E-state index contributed by atoms with van der Waals surface area (Å²) < 4.78 is 0. The van der Waals surface area contributed by atoms with E-state index in [0.717, 1.165) is 24.5 Å². The van der Waals surface area contributed by atoms with Gasteiger partial charge in [-0.2, -0.15) is 0 Å². The van der Waals surface area contributed by atoms with Crippen molar-refractivity contribution >= 4 is 17.8 Å². The van der Waals surface area contributed by atoms with Gasteiger partial charge < -0.3 is 20.2 Å². The number of anilines is 1. The van der Waals surface area contributed by atoms with E-state index < -0.39 is 11.9 Å². The average molecular weight is 322 g/mol. The van der Waals surface area contributed by atoms with Gasteiger partial charge in [0, 0.05) is 39.4 Å². The number of hydrogen-bond acceptors (Lipinski definition) is 4. The number of hydrogen-bond donors (Lipinski definition) is 2. The fraction of sp³-hybridized carbons (Fsp3) is 0.562. The summed E-state index contributed by atoms with van der Waals surface area (Å²) in [7, 11) is 1.58. The van der Waals surface area contributed by atoms with Gasteiger partial charge in [-0.3, -0.25) is 4.79 Å². The van der Waals surface area contributed by atoms with Crippen LogP contribution in [0.5, 0.6) is 0 Å². The predicted molar refractivity (Wildman–Crippen MR) is 89.5 cm³/mol. The summed E-state index contributed by atoms with van der Waals surface area (Å²) in [5, 5.41) is 11.6. The molecule has 2 N–H and O–H groups in total. The number of aromatic nitrogens is 1. The molecule has 0 aromatic carbocycles. The Balaban J connectivity index is 2.51. The Bertz CT molecular complexity index is 515. The summed E-state index contributed by atoms with van der Waals surface area (Å²) in [6, 6.07) is 3.57. The maximum absolute atomic E-state index is 11.9. The van der Waals surface area contributed by atoms with Crippen molar-refractivity contribution in [2.24, 2.45) is 5.92 Å². The Morgan fingerprint density at radius 3 is 2.43 bits per heavy atom. The molecule has 0 bridgehead atoms. The van der Waals surface area contributed by atoms with Crippen LogP contribution in [0.1, 0.15) is 26.3 Å². The van der Waals surface area contributed by atoms with Crippen LogP contribution < -0.4 is 10.2 Å². The van der Waals surface area contributed by atoms with Crippen LogP contribution >= 0.6 is 0 Å². The monoisotopic (exact) mass is 322 g/mol. The number of aliphatic carboxylic acids is 1. The fourth-order valence-electron chi connectivity index (χ4n) is 2.14. The van der Waals surface area contributed by atoms with Crippen molar-refractivity contribution in [3.8, 4) is 0 Å². The molecule has 2 amide bonds. The molecule has 7 heteroatoms. The van der Waals surface area contributed by atoms with Crippen molar-refractivity contribution in [1.82, 2.24) is 15.2 Å². The molecular weight excluding hydrogens is 296 g/mol. The molecule has 0 aliphatic rings. The highest BCUT2D eigenvalue weighted by atomic mass is 16.4. The van der Waals surface area contributed by atoms with Gasteiger partial charge in [0.1, 0.15) is 5.82 Å². The van der Waals surface area contributed by atoms with Crippen molar-refractivity contribution in [2.45, 2.75) is 27.3 Å². The Morgan fingerprint density at radius 1 is 1.30 bits per heavy atom. The number of nitrogens with one attached hydrogen (secondary N) is 1. The van der Waals surface area contributed by atoms with Crippen molar-refractivity contribution in [2.75, 3.05) is 31.6 Å². The molecule has 1 atom stereocenters. The third kappa shape index (κ3) is 5.77. The number of nitrogens with zero attached hydrogens (tertiary/aromatic N) is 3. The summed E-state index contributed by atoms with van der Waals surface area (Å²) >= 11 is 0. The molecule has 0 saturated heterocycles. The van der Waals surface area contributed by atoms with Gasteiger partial charge in [0.05, 0.1) is 5.92 Å². The molecule has 0 fully saturated rings. The van der Waals surface area contributed by atoms with Gasteiger partial charge in [-0.1, -0.05) is 13.0 Å². The Kier molecular flexibility index (Phi) is 7.31. The summed E-state index contributed by atoms with van der Waals surface area (Å²) in [4.78, 5) is 30.7. The Morgan fingerprint density at radius 2 is 1.96 bits per heavy atom. The number of rotatable bonds is 8. The van der Waals surface area contributed by atoms with E-state index in [0.29, 0.717) is 6.54 Å². The van der Waals surface area contributed by atoms with Crippen LogP contribution in [0.15, 0.2) is 18.3 Å². The van der Waals surface area contributed by atoms with Gasteiger partial charge in [-0.25, -0.2) is 9.78 Å². The van der Waals surface area contributed by atoms with Gasteiger partial charge >= 0.3 is 12.0 Å². The summed E-state index contributed by atoms with van der Waals surface area (Å²) in [5.74, 6) is -0.598. The van der Waals surface area contributed by atoms with Gasteiger partial charge in [0.25, 0.3) is 0 Å². The van der Waals surface area contributed by atoms with Gasteiger partial charge in [-0.15, -0.1) is 0 Å². The summed E-state index contributed by atoms with van der Waals surface area (Å²) in [6.07, 6.45) is 1.74. The first-order chi connectivity index (χ1) is 10.9. The number of carboxylic acid groups (broad SMARTS) is 1. The van der Waals surface area contributed by atoms with Crippen LogP contribution in [0.2, 0.25) is 0 Å². The lowest BCUT2D eigenvalue weighted by Crippen LogP contribution is -2.40. The topological polar surface area (TPSA) is 85.8 Å². The van der Waals surface area contributed by atoms with E-state index in [4.69, 9.17) is 5.11 Å². The quantitative estimate of drug-likeness (QED) is 0.762. The molecule has 1 aromatic heterocycles. The number of pyridine rings is 1. The second kappa shape index (κ2) is 8.97. The maximum Gasteiger partial charge on any atom is 0.317 e. The van der Waals surface area contributed by atoms with Crippen molar-refractivity contribution in [1.29, 1.82) is 0 Å². The molecule has 7 nitrogen and oxygen atoms in total. The van der Waals surface area contributed by atoms with Gasteiger partial charge in [0.2, 0.25) is 0 Å². The first-order valence-electron chi connectivity index (χ1n) is 7.80. The van der Waals surface area contributed by atoms with E-state index in [1.165, 1.54) is 4.90 Å². The van der Waals surface area contributed by atoms with E-state index in [-0.39, 0.29) is 12.6 Å². The fourth-order valence-corrected chi connectivity index (χ4v) is 2.14. The maximum atomic E-state index is 11.9. The molecule has 1 aromatic rings. The lowest BCUT2D eigenvalue weighted by molar-refractivity contribution is -0.141. The second-order valence-electron chi connectivity index (χ2n) is 5.48. The standard InChI is InChI=1S/C16H26N4O3/c1-5-20(6-2)14-8-7-13(9-17-14)10-18-16(23)19(4)11-12(3)15(21)22/h7-9,12H,5-6,10-11H2,1-4H3,(H,18,23)(H,21,22). The zero-order chi connectivity index (χ0) is 17.4. The lowest BCUT2D eigenvalue weighted by atomic mass is 10.2. The average Bonchev–Trinajstić information content (AvgIpc) is 2.54. The number of carboxylic acids is 1. The van der Waals surface area contributed by atoms with Crippen LogP contribution in [0.25, 0.3) is 0 Å². The molecule has 1 unspecified atom stereocenters. The minimum Gasteiger partial charge on any atom is -0.481 e. The van der Waals surface area contributed by atoms with Crippen molar-refractivity contribution < 1.29 is 14.7 Å². The molecule has 1 heterocycles. The van der Waals surface area contributed by atoms with E-state index in [2.05, 4.69) is 29.0 Å². The summed E-state index contributed by atoms with van der Waals surface area (Å²) in [5.41, 5.74) is 0.897. The number of amides is 2. The van der Waals surface area contributed by atoms with Gasteiger partial charge in [-0.05, 0) is 25.5 Å². The largest absolute Gasteiger partial charge is 0.481 e. The first kappa shape index (κ1) is 18.7. The lowest BCUT2D eigenvalue weighted by Gasteiger charge is -2.21. The number of carbonyl (C=O) groups excluding carboxylic acids is 1. The van der Waals surface area contributed by atoms with E-state index >= 15 is 0 Å². The molecule has 128 valence electrons. The Hall–Kier alpha value is -2.31. The normalized spacial score (nSPS) is 11.7. The number of urea groups is 1. The first-order valence-corrected chi connectivity index (χ1v) is 7.80. The highest BCUT2D eigenvalue weighted by Crippen LogP contribution is 2.10. The zero-order valence-electron chi connectivity index (χ0n) is 14.2. The van der Waals surface area contributed by atoms with Crippen LogP contribution in [-0.2, 0) is 11.3 Å².